The van der Waals surface area contributed by atoms with Crippen molar-refractivity contribution in [2.45, 2.75) is 0 Å². The van der Waals surface area contributed by atoms with Crippen molar-refractivity contribution in [2.75, 3.05) is 12.3 Å². The summed E-state index contributed by atoms with van der Waals surface area (Å²) in [5.41, 5.74) is 0. The van der Waals surface area contributed by atoms with Crippen LogP contribution < -0.4 is 21.2 Å². The van der Waals surface area contributed by atoms with Gasteiger partial charge in [0.05, 0.1) is 37.1 Å². The molecule has 156 valence electrons. The average Bonchev–Trinajstić information content (AvgIpc) is 2.85. The molecule has 0 atom stereocenters. The van der Waals surface area contributed by atoms with Crippen molar-refractivity contribution in [3.63, 3.8) is 0 Å². The zero-order valence-corrected chi connectivity index (χ0v) is 21.6. The third-order valence-electron chi connectivity index (χ3n) is 5.11. The van der Waals surface area contributed by atoms with Crippen LogP contribution in [0.4, 0.5) is 0 Å². The quantitative estimate of drug-likeness (QED) is 0.189. The maximum Gasteiger partial charge on any atom is 0.101 e. The van der Waals surface area contributed by atoms with E-state index in [1.165, 1.54) is 33.5 Å². The van der Waals surface area contributed by atoms with Crippen LogP contribution in [-0.2, 0) is 20.0 Å². The van der Waals surface area contributed by atoms with Crippen LogP contribution in [0.25, 0.3) is 0 Å². The van der Waals surface area contributed by atoms with E-state index in [9.17, 15) is 0 Å². The first-order valence-electron chi connectivity index (χ1n) is 9.96. The minimum Gasteiger partial charge on any atom is -0.0620 e. The zero-order valence-electron chi connectivity index (χ0n) is 16.6. The van der Waals surface area contributed by atoms with Gasteiger partial charge in [-0.25, -0.2) is 0 Å². The third-order valence-corrected chi connectivity index (χ3v) is 11.2. The molecule has 0 aliphatic heterocycles. The fraction of sp³-hybridized carbons (Fsp3) is 0.0769. The summed E-state index contributed by atoms with van der Waals surface area (Å²) < 4.78 is 0. The van der Waals surface area contributed by atoms with Crippen LogP contribution in [0.2, 0.25) is 0 Å². The number of halogens is 1. The standard InChI is InChI=1S/C26H24P2.Au.ClH/c1-5-13-23(14-6-1)27(24-15-7-2-8-16-24)21-22-28(25-17-9-3-10-18-25)26-19-11-4-12-20-26;;/h1-20H,21-22H2;;1H/q;+1;/p+1. The number of hydrogen-bond donors (Lipinski definition) is 0. The Morgan fingerprint density at radius 3 is 0.800 bits per heavy atom. The van der Waals surface area contributed by atoms with E-state index in [2.05, 4.69) is 131 Å². The molecule has 0 saturated carbocycles. The minimum atomic E-state index is -0.783. The van der Waals surface area contributed by atoms with E-state index in [-0.39, 0.29) is 0 Å². The van der Waals surface area contributed by atoms with E-state index in [0.717, 1.165) is 0 Å². The van der Waals surface area contributed by atoms with Gasteiger partial charge in [0, 0.05) is 0 Å². The number of benzene rings is 4. The molecule has 0 amide bonds. The van der Waals surface area contributed by atoms with Crippen molar-refractivity contribution < 1.29 is 20.0 Å². The van der Waals surface area contributed by atoms with Crippen LogP contribution in [0.15, 0.2) is 121 Å². The Kier molecular flexibility index (Phi) is 10.3. The molecular formula is C26H26AuClP2+2. The van der Waals surface area contributed by atoms with Gasteiger partial charge < -0.3 is 0 Å². The summed E-state index contributed by atoms with van der Waals surface area (Å²) in [5.74, 6) is 0. The Morgan fingerprint density at radius 2 is 0.600 bits per heavy atom. The molecule has 0 aromatic heterocycles. The SMILES string of the molecule is [Cl][Au].c1ccc([PH+](CC[PH+](c2ccccc2)c2ccccc2)c2ccccc2)cc1. The monoisotopic (exact) mass is 632 g/mol. The molecule has 0 bridgehead atoms. The number of hydrogen-bond acceptors (Lipinski definition) is 0. The molecular weight excluding hydrogens is 607 g/mol. The van der Waals surface area contributed by atoms with Crippen molar-refractivity contribution in [1.29, 1.82) is 0 Å². The summed E-state index contributed by atoms with van der Waals surface area (Å²) in [6.07, 6.45) is 2.52. The first kappa shape index (κ1) is 23.4. The van der Waals surface area contributed by atoms with E-state index >= 15 is 0 Å². The van der Waals surface area contributed by atoms with Gasteiger partial charge in [-0.15, -0.1) is 0 Å². The summed E-state index contributed by atoms with van der Waals surface area (Å²) in [6, 6.07) is 44.5. The molecule has 0 nitrogen and oxygen atoms in total. The molecule has 4 aromatic carbocycles. The zero-order chi connectivity index (χ0) is 21.0. The normalized spacial score (nSPS) is 10.6. The van der Waals surface area contributed by atoms with Crippen LogP contribution in [-0.4, -0.2) is 12.3 Å². The Balaban J connectivity index is 0.00000124. The number of rotatable bonds is 7. The van der Waals surface area contributed by atoms with Gasteiger partial charge in [0.15, 0.2) is 0 Å². The van der Waals surface area contributed by atoms with Gasteiger partial charge >= 0.3 is 29.2 Å². The van der Waals surface area contributed by atoms with Crippen molar-refractivity contribution >= 4 is 46.3 Å². The Hall–Kier alpha value is -1.23. The topological polar surface area (TPSA) is 0 Å². The summed E-state index contributed by atoms with van der Waals surface area (Å²) in [4.78, 5) is 0. The minimum absolute atomic E-state index is 0.783. The summed E-state index contributed by atoms with van der Waals surface area (Å²) >= 11 is 1.75. The summed E-state index contributed by atoms with van der Waals surface area (Å²) in [5, 5.41) is 6.06. The van der Waals surface area contributed by atoms with Gasteiger partial charge in [-0.2, -0.15) is 0 Å². The van der Waals surface area contributed by atoms with E-state index in [1.807, 2.05) is 0 Å². The Morgan fingerprint density at radius 1 is 0.400 bits per heavy atom. The van der Waals surface area contributed by atoms with Crippen molar-refractivity contribution in [3.8, 4) is 0 Å². The molecule has 0 aliphatic carbocycles. The van der Waals surface area contributed by atoms with Crippen molar-refractivity contribution in [3.05, 3.63) is 121 Å². The second-order valence-electron chi connectivity index (χ2n) is 6.92. The molecule has 0 spiro atoms. The maximum absolute atomic E-state index is 4.58. The summed E-state index contributed by atoms with van der Waals surface area (Å²) in [6.45, 7) is 0. The molecule has 0 unspecified atom stereocenters. The van der Waals surface area contributed by atoms with E-state index in [1.54, 1.807) is 20.0 Å². The van der Waals surface area contributed by atoms with Crippen LogP contribution in [0.1, 0.15) is 0 Å². The van der Waals surface area contributed by atoms with Gasteiger partial charge in [0.2, 0.25) is 0 Å². The molecule has 0 radical (unpaired) electrons. The van der Waals surface area contributed by atoms with Crippen LogP contribution in [0, 0.1) is 0 Å². The van der Waals surface area contributed by atoms with Gasteiger partial charge in [-0.3, -0.25) is 0 Å². The van der Waals surface area contributed by atoms with Crippen LogP contribution in [0.3, 0.4) is 0 Å². The molecule has 0 aliphatic rings. The van der Waals surface area contributed by atoms with E-state index < -0.39 is 15.8 Å². The molecule has 0 saturated heterocycles. The molecule has 0 heterocycles. The molecule has 30 heavy (non-hydrogen) atoms. The third kappa shape index (κ3) is 6.63. The maximum atomic E-state index is 4.58. The smallest absolute Gasteiger partial charge is 0.0620 e. The fourth-order valence-electron chi connectivity index (χ4n) is 3.72. The largest absolute Gasteiger partial charge is 0.101 e. The average molecular weight is 633 g/mol. The predicted octanol–water partition coefficient (Wildman–Crippen LogP) is 5.40. The van der Waals surface area contributed by atoms with Gasteiger partial charge in [-0.05, 0) is 48.5 Å². The molecule has 4 rings (SSSR count). The first-order valence-corrected chi connectivity index (χ1v) is 16.1. The van der Waals surface area contributed by atoms with Crippen molar-refractivity contribution in [1.82, 2.24) is 0 Å². The molecule has 4 heteroatoms. The van der Waals surface area contributed by atoms with Gasteiger partial charge in [0.1, 0.15) is 12.3 Å². The Labute approximate surface area is 199 Å². The van der Waals surface area contributed by atoms with E-state index in [0.29, 0.717) is 0 Å². The van der Waals surface area contributed by atoms with Crippen LogP contribution >= 0.6 is 25.0 Å². The molecule has 4 aromatic rings. The fourth-order valence-corrected chi connectivity index (χ4v) is 9.92. The van der Waals surface area contributed by atoms with E-state index in [4.69, 9.17) is 0 Å². The van der Waals surface area contributed by atoms with Crippen molar-refractivity contribution in [2.24, 2.45) is 0 Å². The molecule has 0 N–H and O–H groups in total. The van der Waals surface area contributed by atoms with Gasteiger partial charge in [0.25, 0.3) is 0 Å². The second kappa shape index (κ2) is 13.2. The first-order chi connectivity index (χ1) is 14.9. The second-order valence-corrected chi connectivity index (χ2v) is 12.1. The van der Waals surface area contributed by atoms with Gasteiger partial charge in [-0.1, -0.05) is 72.8 Å². The van der Waals surface area contributed by atoms with Crippen LogP contribution in [0.5, 0.6) is 0 Å². The predicted molar refractivity (Wildman–Crippen MR) is 137 cm³/mol. The summed E-state index contributed by atoms with van der Waals surface area (Å²) in [7, 11) is 3.02. The molecule has 0 fully saturated rings. The Bertz CT molecular complexity index is 805.